The zero-order valence-corrected chi connectivity index (χ0v) is 6.63. The van der Waals surface area contributed by atoms with Crippen LogP contribution in [-0.4, -0.2) is 33.0 Å². The Hall–Kier alpha value is -0.870. The van der Waals surface area contributed by atoms with E-state index in [1.807, 2.05) is 0 Å². The number of hydrogen-bond donors (Lipinski definition) is 1. The van der Waals surface area contributed by atoms with Gasteiger partial charge in [0.25, 0.3) is 0 Å². The first kappa shape index (κ1) is 10.1. The zero-order chi connectivity index (χ0) is 8.53. The van der Waals surface area contributed by atoms with Crippen molar-refractivity contribution in [2.45, 2.75) is 0 Å². The van der Waals surface area contributed by atoms with Gasteiger partial charge in [-0.1, -0.05) is 6.58 Å². The van der Waals surface area contributed by atoms with Crippen molar-refractivity contribution in [2.75, 3.05) is 27.0 Å². The summed E-state index contributed by atoms with van der Waals surface area (Å²) in [7, 11) is 1.59. The lowest BCUT2D eigenvalue weighted by atomic mass is 10.6. The first-order valence-corrected chi connectivity index (χ1v) is 3.30. The molecule has 0 fully saturated rings. The Bertz CT molecular complexity index is 125. The largest absolute Gasteiger partial charge is 0.461 e. The van der Waals surface area contributed by atoms with Crippen molar-refractivity contribution in [3.8, 4) is 0 Å². The molecular formula is C7H13NO3. The molecule has 0 aromatic heterocycles. The van der Waals surface area contributed by atoms with E-state index in [9.17, 15) is 4.79 Å². The number of carbonyl (C=O) groups is 1. The van der Waals surface area contributed by atoms with E-state index in [0.29, 0.717) is 19.9 Å². The maximum Gasteiger partial charge on any atom is 0.330 e. The molecule has 0 bridgehead atoms. The van der Waals surface area contributed by atoms with Gasteiger partial charge < -0.3 is 9.47 Å². The van der Waals surface area contributed by atoms with Gasteiger partial charge in [-0.25, -0.2) is 4.79 Å². The van der Waals surface area contributed by atoms with Crippen LogP contribution in [0.3, 0.4) is 0 Å². The van der Waals surface area contributed by atoms with Gasteiger partial charge in [0.1, 0.15) is 6.61 Å². The van der Waals surface area contributed by atoms with E-state index in [4.69, 9.17) is 4.74 Å². The minimum absolute atomic E-state index is 0.341. The highest BCUT2D eigenvalue weighted by molar-refractivity contribution is 5.81. The van der Waals surface area contributed by atoms with Crippen LogP contribution >= 0.6 is 0 Å². The van der Waals surface area contributed by atoms with E-state index in [-0.39, 0.29) is 0 Å². The minimum atomic E-state index is -0.399. The molecule has 0 atom stereocenters. The number of rotatable bonds is 6. The summed E-state index contributed by atoms with van der Waals surface area (Å²) in [4.78, 5) is 10.4. The molecule has 0 unspecified atom stereocenters. The second-order valence-electron chi connectivity index (χ2n) is 1.80. The summed E-state index contributed by atoms with van der Waals surface area (Å²) in [5.41, 5.74) is 0. The Labute approximate surface area is 66.2 Å². The molecule has 0 radical (unpaired) electrons. The second-order valence-corrected chi connectivity index (χ2v) is 1.80. The van der Waals surface area contributed by atoms with Gasteiger partial charge in [0.15, 0.2) is 0 Å². The maximum atomic E-state index is 10.4. The summed E-state index contributed by atoms with van der Waals surface area (Å²) in [6.07, 6.45) is 1.14. The smallest absolute Gasteiger partial charge is 0.330 e. The lowest BCUT2D eigenvalue weighted by Crippen LogP contribution is -2.22. The maximum absolute atomic E-state index is 10.4. The Morgan fingerprint density at radius 1 is 1.73 bits per heavy atom. The van der Waals surface area contributed by atoms with Crippen molar-refractivity contribution in [1.82, 2.24) is 5.32 Å². The lowest BCUT2D eigenvalue weighted by Gasteiger charge is -2.02. The van der Waals surface area contributed by atoms with Crippen LogP contribution in [0.2, 0.25) is 0 Å². The van der Waals surface area contributed by atoms with E-state index in [1.165, 1.54) is 0 Å². The lowest BCUT2D eigenvalue weighted by molar-refractivity contribution is -0.137. The fraction of sp³-hybridized carbons (Fsp3) is 0.571. The number of methoxy groups -OCH3 is 1. The fourth-order valence-corrected chi connectivity index (χ4v) is 0.457. The quantitative estimate of drug-likeness (QED) is 0.254. The van der Waals surface area contributed by atoms with E-state index < -0.39 is 5.97 Å². The molecular weight excluding hydrogens is 146 g/mol. The van der Waals surface area contributed by atoms with Crippen LogP contribution < -0.4 is 5.32 Å². The van der Waals surface area contributed by atoms with Gasteiger partial charge in [-0.3, -0.25) is 5.32 Å². The minimum Gasteiger partial charge on any atom is -0.461 e. The number of carbonyl (C=O) groups excluding carboxylic acids is 1. The van der Waals surface area contributed by atoms with Gasteiger partial charge in [-0.05, 0) is 0 Å². The van der Waals surface area contributed by atoms with Crippen LogP contribution in [0.1, 0.15) is 0 Å². The van der Waals surface area contributed by atoms with Gasteiger partial charge >= 0.3 is 5.97 Å². The van der Waals surface area contributed by atoms with Gasteiger partial charge in [-0.2, -0.15) is 0 Å². The van der Waals surface area contributed by atoms with Crippen LogP contribution in [0.5, 0.6) is 0 Å². The van der Waals surface area contributed by atoms with Gasteiger partial charge in [0.05, 0.1) is 6.73 Å². The van der Waals surface area contributed by atoms with Crippen LogP contribution in [0.15, 0.2) is 12.7 Å². The Kier molecular flexibility index (Phi) is 6.67. The van der Waals surface area contributed by atoms with Crippen LogP contribution in [0.4, 0.5) is 0 Å². The summed E-state index contributed by atoms with van der Waals surface area (Å²) in [5.74, 6) is -0.399. The third-order valence-corrected chi connectivity index (χ3v) is 0.936. The van der Waals surface area contributed by atoms with E-state index in [0.717, 1.165) is 6.08 Å². The molecule has 0 spiro atoms. The predicted molar refractivity (Wildman–Crippen MR) is 41.0 cm³/mol. The second kappa shape index (κ2) is 7.24. The van der Waals surface area contributed by atoms with Gasteiger partial charge in [-0.15, -0.1) is 0 Å². The number of hydrogen-bond acceptors (Lipinski definition) is 4. The molecule has 0 aliphatic rings. The van der Waals surface area contributed by atoms with Crippen molar-refractivity contribution in [2.24, 2.45) is 0 Å². The topological polar surface area (TPSA) is 47.6 Å². The summed E-state index contributed by atoms with van der Waals surface area (Å²) < 4.78 is 9.37. The first-order valence-electron chi connectivity index (χ1n) is 3.30. The molecule has 0 heterocycles. The van der Waals surface area contributed by atoms with Crippen LogP contribution in [0.25, 0.3) is 0 Å². The normalized spacial score (nSPS) is 9.18. The molecule has 11 heavy (non-hydrogen) atoms. The zero-order valence-electron chi connectivity index (χ0n) is 6.63. The first-order chi connectivity index (χ1) is 5.31. The summed E-state index contributed by atoms with van der Waals surface area (Å²) in [6.45, 7) is 4.65. The molecule has 0 aromatic rings. The van der Waals surface area contributed by atoms with Crippen molar-refractivity contribution in [1.29, 1.82) is 0 Å². The fourth-order valence-electron chi connectivity index (χ4n) is 0.457. The third-order valence-electron chi connectivity index (χ3n) is 0.936. The molecule has 0 saturated carbocycles. The molecule has 64 valence electrons. The van der Waals surface area contributed by atoms with Crippen molar-refractivity contribution in [3.63, 3.8) is 0 Å². The average Bonchev–Trinajstić information content (AvgIpc) is 2.04. The Morgan fingerprint density at radius 2 is 2.45 bits per heavy atom. The molecule has 0 aliphatic heterocycles. The molecule has 0 saturated heterocycles. The molecule has 0 amide bonds. The van der Waals surface area contributed by atoms with E-state index >= 15 is 0 Å². The molecule has 0 aromatic carbocycles. The van der Waals surface area contributed by atoms with E-state index in [1.54, 1.807) is 7.11 Å². The standard InChI is InChI=1S/C7H13NO3/c1-3-7(9)11-5-4-8-6-10-2/h3,8H,1,4-6H2,2H3. The highest BCUT2D eigenvalue weighted by atomic mass is 16.5. The third kappa shape index (κ3) is 7.02. The SMILES string of the molecule is C=CC(=O)OCCNCOC. The number of ether oxygens (including phenoxy) is 2. The predicted octanol–water partition coefficient (Wildman–Crippen LogP) is -0.0909. The molecule has 4 heteroatoms. The van der Waals surface area contributed by atoms with Crippen molar-refractivity contribution >= 4 is 5.97 Å². The number of esters is 1. The number of nitrogens with one attached hydrogen (secondary N) is 1. The summed E-state index contributed by atoms with van der Waals surface area (Å²) >= 11 is 0. The highest BCUT2D eigenvalue weighted by Crippen LogP contribution is 1.76. The molecule has 4 nitrogen and oxygen atoms in total. The molecule has 0 aliphatic carbocycles. The van der Waals surface area contributed by atoms with Crippen molar-refractivity contribution < 1.29 is 14.3 Å². The molecule has 1 N–H and O–H groups in total. The van der Waals surface area contributed by atoms with E-state index in [2.05, 4.69) is 16.6 Å². The van der Waals surface area contributed by atoms with Crippen LogP contribution in [0, 0.1) is 0 Å². The highest BCUT2D eigenvalue weighted by Gasteiger charge is 1.92. The Balaban J connectivity index is 3.01. The van der Waals surface area contributed by atoms with Crippen LogP contribution in [-0.2, 0) is 14.3 Å². The summed E-state index contributed by atoms with van der Waals surface area (Å²) in [6, 6.07) is 0. The van der Waals surface area contributed by atoms with Crippen molar-refractivity contribution in [3.05, 3.63) is 12.7 Å². The molecule has 0 rings (SSSR count). The summed E-state index contributed by atoms with van der Waals surface area (Å²) in [5, 5.41) is 2.88. The monoisotopic (exact) mass is 159 g/mol. The Morgan fingerprint density at radius 3 is 3.00 bits per heavy atom. The van der Waals surface area contributed by atoms with Gasteiger partial charge in [0.2, 0.25) is 0 Å². The van der Waals surface area contributed by atoms with Gasteiger partial charge in [0, 0.05) is 19.7 Å². The average molecular weight is 159 g/mol.